The Balaban J connectivity index is 1.41. The summed E-state index contributed by atoms with van der Waals surface area (Å²) in [5.41, 5.74) is 3.48. The van der Waals surface area contributed by atoms with E-state index in [0.29, 0.717) is 23.7 Å². The highest BCUT2D eigenvalue weighted by Gasteiger charge is 2.25. The first kappa shape index (κ1) is 20.6. The zero-order valence-electron chi connectivity index (χ0n) is 17.8. The Labute approximate surface area is 177 Å². The molecule has 2 heterocycles. The molecule has 1 amide bonds. The molecule has 4 rings (SSSR count). The number of nitrogens with zero attached hydrogens (tertiary/aromatic N) is 2. The van der Waals surface area contributed by atoms with Crippen LogP contribution in [0.1, 0.15) is 41.4 Å². The molecule has 1 N–H and O–H groups in total. The maximum Gasteiger partial charge on any atom is 0.270 e. The second-order valence-electron chi connectivity index (χ2n) is 8.46. The number of carbonyl (C=O) groups is 1. The number of nitrogens with one attached hydrogen (secondary N) is 1. The van der Waals surface area contributed by atoms with E-state index >= 15 is 0 Å². The first-order valence-electron chi connectivity index (χ1n) is 10.9. The fraction of sp³-hybridized carbons (Fsp3) is 0.400. The van der Waals surface area contributed by atoms with Crippen molar-refractivity contribution in [2.24, 2.45) is 5.92 Å². The van der Waals surface area contributed by atoms with Gasteiger partial charge in [0.1, 0.15) is 11.5 Å². The van der Waals surface area contributed by atoms with Gasteiger partial charge in [0.2, 0.25) is 0 Å². The summed E-state index contributed by atoms with van der Waals surface area (Å²) in [5, 5.41) is 0.733. The molecule has 1 aromatic heterocycles. The summed E-state index contributed by atoms with van der Waals surface area (Å²) in [6.45, 7) is 8.55. The largest absolute Gasteiger partial charge is 0.348 e. The van der Waals surface area contributed by atoms with Crippen molar-refractivity contribution in [3.63, 3.8) is 0 Å². The number of carbonyl (C=O) groups excluding carboxylic acids is 1. The van der Waals surface area contributed by atoms with Crippen molar-refractivity contribution < 1.29 is 9.18 Å². The van der Waals surface area contributed by atoms with E-state index in [1.165, 1.54) is 17.2 Å². The lowest BCUT2D eigenvalue weighted by Crippen LogP contribution is -2.42. The number of amides is 1. The normalized spacial score (nSPS) is 17.4. The summed E-state index contributed by atoms with van der Waals surface area (Å²) in [5.74, 6) is 0.0756. The van der Waals surface area contributed by atoms with Gasteiger partial charge < -0.3 is 9.88 Å². The third-order valence-electron chi connectivity index (χ3n) is 6.11. The molecule has 5 heteroatoms. The quantitative estimate of drug-likeness (QED) is 0.625. The standard InChI is InChI=1S/C25H30FN3O/c1-3-29(25(30)23-14-21-7-4-8-22(26)24(21)27-23)17-20-6-5-13-28(16-20)15-19-11-9-18(2)10-12-19/h4,7-12,14,20,27H,3,5-6,13,15-17H2,1-2H3. The highest BCUT2D eigenvalue weighted by molar-refractivity contribution is 5.98. The molecule has 1 aliphatic rings. The van der Waals surface area contributed by atoms with E-state index < -0.39 is 0 Å². The topological polar surface area (TPSA) is 39.3 Å². The van der Waals surface area contributed by atoms with Crippen LogP contribution in [0.15, 0.2) is 48.5 Å². The number of halogens is 1. The average Bonchev–Trinajstić information content (AvgIpc) is 3.19. The molecule has 0 aliphatic carbocycles. The molecule has 3 aromatic rings. The van der Waals surface area contributed by atoms with Gasteiger partial charge in [-0.25, -0.2) is 4.39 Å². The van der Waals surface area contributed by atoms with E-state index in [1.54, 1.807) is 12.1 Å². The van der Waals surface area contributed by atoms with Crippen LogP contribution in [0.3, 0.4) is 0 Å². The minimum atomic E-state index is -0.325. The fourth-order valence-corrected chi connectivity index (χ4v) is 4.47. The monoisotopic (exact) mass is 407 g/mol. The molecule has 2 aromatic carbocycles. The number of H-pyrrole nitrogens is 1. The number of aryl methyl sites for hydroxylation is 1. The van der Waals surface area contributed by atoms with E-state index in [0.717, 1.165) is 44.4 Å². The molecule has 4 nitrogen and oxygen atoms in total. The minimum absolute atomic E-state index is 0.0521. The summed E-state index contributed by atoms with van der Waals surface area (Å²) in [6, 6.07) is 15.4. The van der Waals surface area contributed by atoms with Crippen molar-refractivity contribution in [3.05, 3.63) is 71.2 Å². The van der Waals surface area contributed by atoms with Crippen LogP contribution in [0.25, 0.3) is 10.9 Å². The van der Waals surface area contributed by atoms with Crippen LogP contribution in [-0.2, 0) is 6.54 Å². The average molecular weight is 408 g/mol. The number of aromatic amines is 1. The predicted molar refractivity (Wildman–Crippen MR) is 119 cm³/mol. The van der Waals surface area contributed by atoms with Crippen molar-refractivity contribution in [2.45, 2.75) is 33.2 Å². The summed E-state index contributed by atoms with van der Waals surface area (Å²) in [4.78, 5) is 20.5. The van der Waals surface area contributed by atoms with Gasteiger partial charge in [-0.3, -0.25) is 9.69 Å². The van der Waals surface area contributed by atoms with Crippen molar-refractivity contribution in [3.8, 4) is 0 Å². The molecule has 1 fully saturated rings. The number of likely N-dealkylation sites (tertiary alicyclic amines) is 1. The Hall–Kier alpha value is -2.66. The van der Waals surface area contributed by atoms with Crippen LogP contribution in [-0.4, -0.2) is 46.9 Å². The number of aromatic nitrogens is 1. The predicted octanol–water partition coefficient (Wildman–Crippen LogP) is 4.99. The summed E-state index contributed by atoms with van der Waals surface area (Å²) in [7, 11) is 0. The highest BCUT2D eigenvalue weighted by Crippen LogP contribution is 2.22. The summed E-state index contributed by atoms with van der Waals surface area (Å²) < 4.78 is 14.0. The number of para-hydroxylation sites is 1. The Kier molecular flexibility index (Phi) is 6.18. The maximum absolute atomic E-state index is 14.0. The molecule has 1 atom stereocenters. The van der Waals surface area contributed by atoms with Crippen molar-refractivity contribution in [2.75, 3.05) is 26.2 Å². The van der Waals surface area contributed by atoms with E-state index in [4.69, 9.17) is 0 Å². The Morgan fingerprint density at radius 1 is 1.23 bits per heavy atom. The fourth-order valence-electron chi connectivity index (χ4n) is 4.47. The van der Waals surface area contributed by atoms with Crippen LogP contribution in [0, 0.1) is 18.7 Å². The highest BCUT2D eigenvalue weighted by atomic mass is 19.1. The maximum atomic E-state index is 14.0. The molecule has 158 valence electrons. The van der Waals surface area contributed by atoms with Gasteiger partial charge in [-0.15, -0.1) is 0 Å². The second kappa shape index (κ2) is 9.00. The van der Waals surface area contributed by atoms with Crippen LogP contribution < -0.4 is 0 Å². The molecule has 0 saturated carbocycles. The van der Waals surface area contributed by atoms with Gasteiger partial charge in [-0.1, -0.05) is 42.0 Å². The number of benzene rings is 2. The molecule has 0 radical (unpaired) electrons. The third kappa shape index (κ3) is 4.57. The van der Waals surface area contributed by atoms with Gasteiger partial charge in [0.25, 0.3) is 5.91 Å². The lowest BCUT2D eigenvalue weighted by Gasteiger charge is -2.35. The Morgan fingerprint density at radius 3 is 2.77 bits per heavy atom. The van der Waals surface area contributed by atoms with Crippen LogP contribution in [0.2, 0.25) is 0 Å². The van der Waals surface area contributed by atoms with E-state index in [9.17, 15) is 9.18 Å². The first-order chi connectivity index (χ1) is 14.5. The van der Waals surface area contributed by atoms with Crippen molar-refractivity contribution in [1.82, 2.24) is 14.8 Å². The number of hydrogen-bond donors (Lipinski definition) is 1. The summed E-state index contributed by atoms with van der Waals surface area (Å²) in [6.07, 6.45) is 2.29. The number of rotatable bonds is 6. The SMILES string of the molecule is CCN(CC1CCCN(Cc2ccc(C)cc2)C1)C(=O)c1cc2cccc(F)c2[nH]1. The molecule has 0 spiro atoms. The summed E-state index contributed by atoms with van der Waals surface area (Å²) >= 11 is 0. The lowest BCUT2D eigenvalue weighted by molar-refractivity contribution is 0.0680. The van der Waals surface area contributed by atoms with E-state index in [1.807, 2.05) is 17.9 Å². The smallest absolute Gasteiger partial charge is 0.270 e. The van der Waals surface area contributed by atoms with Gasteiger partial charge in [0.15, 0.2) is 0 Å². The molecule has 30 heavy (non-hydrogen) atoms. The molecular weight excluding hydrogens is 377 g/mol. The molecule has 1 unspecified atom stereocenters. The lowest BCUT2D eigenvalue weighted by atomic mass is 9.96. The third-order valence-corrected chi connectivity index (χ3v) is 6.11. The van der Waals surface area contributed by atoms with Crippen LogP contribution >= 0.6 is 0 Å². The zero-order chi connectivity index (χ0) is 21.1. The molecular formula is C25H30FN3O. The molecule has 1 saturated heterocycles. The number of fused-ring (bicyclic) bond motifs is 1. The van der Waals surface area contributed by atoms with Gasteiger partial charge in [0, 0.05) is 31.6 Å². The van der Waals surface area contributed by atoms with Crippen LogP contribution in [0.4, 0.5) is 4.39 Å². The number of piperidine rings is 1. The molecule has 1 aliphatic heterocycles. The minimum Gasteiger partial charge on any atom is -0.348 e. The van der Waals surface area contributed by atoms with Gasteiger partial charge >= 0.3 is 0 Å². The van der Waals surface area contributed by atoms with Gasteiger partial charge in [-0.05, 0) is 56.8 Å². The van der Waals surface area contributed by atoms with Gasteiger partial charge in [-0.2, -0.15) is 0 Å². The second-order valence-corrected chi connectivity index (χ2v) is 8.46. The zero-order valence-corrected chi connectivity index (χ0v) is 17.8. The van der Waals surface area contributed by atoms with E-state index in [2.05, 4.69) is 41.1 Å². The van der Waals surface area contributed by atoms with Gasteiger partial charge in [0.05, 0.1) is 5.52 Å². The number of hydrogen-bond acceptors (Lipinski definition) is 2. The Bertz CT molecular complexity index is 1010. The first-order valence-corrected chi connectivity index (χ1v) is 10.9. The molecule has 0 bridgehead atoms. The van der Waals surface area contributed by atoms with Crippen molar-refractivity contribution >= 4 is 16.8 Å². The van der Waals surface area contributed by atoms with E-state index in [-0.39, 0.29) is 11.7 Å². The Morgan fingerprint density at radius 2 is 2.03 bits per heavy atom. The van der Waals surface area contributed by atoms with Crippen LogP contribution in [0.5, 0.6) is 0 Å². The van der Waals surface area contributed by atoms with Crippen molar-refractivity contribution in [1.29, 1.82) is 0 Å².